The molecule has 62 heavy (non-hydrogen) atoms. The Morgan fingerprint density at radius 3 is 2.19 bits per heavy atom. The van der Waals surface area contributed by atoms with Gasteiger partial charge in [0.25, 0.3) is 17.7 Å². The van der Waals surface area contributed by atoms with Gasteiger partial charge in [-0.15, -0.1) is 0 Å². The Labute approximate surface area is 355 Å². The number of alkyl halides is 3. The first-order valence-electron chi connectivity index (χ1n) is 20.9. The van der Waals surface area contributed by atoms with Crippen LogP contribution < -0.4 is 20.4 Å². The van der Waals surface area contributed by atoms with Gasteiger partial charge in [-0.3, -0.25) is 43.8 Å². The van der Waals surface area contributed by atoms with Gasteiger partial charge in [-0.2, -0.15) is 18.3 Å². The maximum Gasteiger partial charge on any atom is 0.407 e. The lowest BCUT2D eigenvalue weighted by atomic mass is 9.76. The summed E-state index contributed by atoms with van der Waals surface area (Å²) >= 11 is 0. The predicted octanol–water partition coefficient (Wildman–Crippen LogP) is 6.08. The van der Waals surface area contributed by atoms with Crippen molar-refractivity contribution in [1.82, 2.24) is 24.9 Å². The maximum absolute atomic E-state index is 13.6. The first-order valence-corrected chi connectivity index (χ1v) is 20.9. The Morgan fingerprint density at radius 2 is 1.53 bits per heavy atom. The lowest BCUT2D eigenvalue weighted by Gasteiger charge is -2.40. The van der Waals surface area contributed by atoms with Crippen LogP contribution in [-0.4, -0.2) is 101 Å². The van der Waals surface area contributed by atoms with Gasteiger partial charge in [0, 0.05) is 81.1 Å². The molecule has 1 unspecified atom stereocenters. The summed E-state index contributed by atoms with van der Waals surface area (Å²) in [6.07, 6.45) is 2.88. The number of hydrogen-bond acceptors (Lipinski definition) is 9. The Hall–Kier alpha value is -6.54. The van der Waals surface area contributed by atoms with Crippen molar-refractivity contribution in [3.05, 3.63) is 101 Å². The number of carbonyl (C=O) groups excluding carboxylic acids is 5. The number of piperidine rings is 2. The summed E-state index contributed by atoms with van der Waals surface area (Å²) in [5, 5.41) is 9.42. The smallest absolute Gasteiger partial charge is 0.372 e. The summed E-state index contributed by atoms with van der Waals surface area (Å²) in [6.45, 7) is 13.3. The monoisotopic (exact) mass is 847 g/mol. The number of aromatic nitrogens is 2. The number of anilines is 3. The van der Waals surface area contributed by atoms with Crippen molar-refractivity contribution >= 4 is 52.3 Å². The molecule has 3 aromatic carbocycles. The number of carbonyl (C=O) groups is 5. The van der Waals surface area contributed by atoms with Gasteiger partial charge in [-0.1, -0.05) is 18.2 Å². The second kappa shape index (κ2) is 16.1. The third kappa shape index (κ3) is 7.56. The van der Waals surface area contributed by atoms with E-state index in [0.29, 0.717) is 18.8 Å². The molecule has 5 heterocycles. The largest absolute Gasteiger partial charge is 0.407 e. The zero-order valence-corrected chi connectivity index (χ0v) is 33.8. The molecule has 1 aromatic heterocycles. The van der Waals surface area contributed by atoms with E-state index in [1.54, 1.807) is 23.0 Å². The van der Waals surface area contributed by atoms with E-state index in [-0.39, 0.29) is 29.7 Å². The normalized spacial score (nSPS) is 20.7. The van der Waals surface area contributed by atoms with Gasteiger partial charge in [0.1, 0.15) is 11.6 Å². The predicted molar refractivity (Wildman–Crippen MR) is 223 cm³/mol. The van der Waals surface area contributed by atoms with Crippen LogP contribution in [0.1, 0.15) is 71.2 Å². The minimum atomic E-state index is -4.73. The van der Waals surface area contributed by atoms with Crippen LogP contribution in [0.5, 0.6) is 0 Å². The van der Waals surface area contributed by atoms with E-state index in [1.165, 1.54) is 6.07 Å². The molecule has 4 aromatic rings. The highest BCUT2D eigenvalue weighted by molar-refractivity contribution is 6.23. The molecule has 9 rings (SSSR count). The van der Waals surface area contributed by atoms with Crippen molar-refractivity contribution in [2.75, 3.05) is 60.9 Å². The number of imide groups is 2. The molecule has 1 aliphatic carbocycles. The molecule has 5 amide bonds. The van der Waals surface area contributed by atoms with E-state index >= 15 is 0 Å². The van der Waals surface area contributed by atoms with Gasteiger partial charge in [-0.05, 0) is 92.5 Å². The van der Waals surface area contributed by atoms with Crippen LogP contribution in [0, 0.1) is 12.5 Å². The molecule has 14 nitrogen and oxygen atoms in total. The molecular formula is C45H44F3N9O5. The number of halogens is 3. The molecule has 1 atom stereocenters. The van der Waals surface area contributed by atoms with Gasteiger partial charge in [0.05, 0.1) is 29.5 Å². The maximum atomic E-state index is 13.6. The fourth-order valence-electron chi connectivity index (χ4n) is 9.41. The van der Waals surface area contributed by atoms with E-state index in [9.17, 15) is 37.1 Å². The standard InChI is InChI=1S/C45H44F3N9O5/c1-49-37-10-5-31(23-36(37)45(46,47)48)51-43(62)44(15-2-16-44)56-27-30(25-50-56)29-3-6-32(7-4-29)54-17-13-28(14-18-54)26-53-19-21-55(22-20-53)33-8-9-34-35(24-33)42(61)57(41(34)60)38-11-12-39(58)52-40(38)59/h3-10,23-25,27-28,38H,2,11-22,26H2,(H,51,62)(H,52,58,59). The van der Waals surface area contributed by atoms with Crippen molar-refractivity contribution in [1.29, 1.82) is 0 Å². The molecule has 3 saturated heterocycles. The van der Waals surface area contributed by atoms with E-state index in [1.807, 2.05) is 24.4 Å². The van der Waals surface area contributed by atoms with Crippen LogP contribution >= 0.6 is 0 Å². The Kier molecular flexibility index (Phi) is 10.6. The number of rotatable bonds is 9. The van der Waals surface area contributed by atoms with Crippen molar-refractivity contribution in [2.45, 2.75) is 62.7 Å². The third-order valence-corrected chi connectivity index (χ3v) is 13.2. The fraction of sp³-hybridized carbons (Fsp3) is 0.400. The van der Waals surface area contributed by atoms with Crippen LogP contribution in [0.15, 0.2) is 73.1 Å². The molecular weight excluding hydrogens is 804 g/mol. The Bertz CT molecular complexity index is 2490. The summed E-state index contributed by atoms with van der Waals surface area (Å²) in [5.74, 6) is -1.92. The van der Waals surface area contributed by atoms with Crippen LogP contribution in [0.2, 0.25) is 0 Å². The SMILES string of the molecule is [C-]#[N+]c1ccc(NC(=O)C2(n3cc(-c4ccc(N5CCC(CN6CCN(c7ccc8c(c7)C(=O)N(C7CCC(=O)NC7=O)C8=O)CC6)CC5)cc4)cn3)CCC2)cc1C(F)(F)F. The highest BCUT2D eigenvalue weighted by atomic mass is 19.4. The first kappa shape index (κ1) is 40.8. The van der Waals surface area contributed by atoms with Crippen LogP contribution in [0.4, 0.5) is 35.9 Å². The minimum Gasteiger partial charge on any atom is -0.372 e. The highest BCUT2D eigenvalue weighted by Crippen LogP contribution is 2.42. The van der Waals surface area contributed by atoms with Gasteiger partial charge in [0.15, 0.2) is 5.69 Å². The number of benzene rings is 3. The lowest BCUT2D eigenvalue weighted by Crippen LogP contribution is -2.54. The zero-order valence-electron chi connectivity index (χ0n) is 33.8. The molecule has 2 N–H and O–H groups in total. The fourth-order valence-corrected chi connectivity index (χ4v) is 9.41. The lowest BCUT2D eigenvalue weighted by molar-refractivity contribution is -0.137. The third-order valence-electron chi connectivity index (χ3n) is 13.2. The van der Waals surface area contributed by atoms with Crippen molar-refractivity contribution in [3.63, 3.8) is 0 Å². The second-order valence-electron chi connectivity index (χ2n) is 16.8. The van der Waals surface area contributed by atoms with Gasteiger partial charge < -0.3 is 15.1 Å². The number of fused-ring (bicyclic) bond motifs is 1. The Balaban J connectivity index is 0.755. The number of amides is 5. The van der Waals surface area contributed by atoms with Crippen LogP contribution in [-0.2, 0) is 26.1 Å². The molecule has 0 radical (unpaired) electrons. The van der Waals surface area contributed by atoms with E-state index in [2.05, 4.69) is 47.4 Å². The molecule has 4 fully saturated rings. The van der Waals surface area contributed by atoms with E-state index in [4.69, 9.17) is 6.57 Å². The quantitative estimate of drug-likeness (QED) is 0.151. The number of nitrogens with zero attached hydrogens (tertiary/aromatic N) is 7. The Morgan fingerprint density at radius 1 is 0.839 bits per heavy atom. The summed E-state index contributed by atoms with van der Waals surface area (Å²) in [5.41, 5.74) is 1.65. The van der Waals surface area contributed by atoms with Crippen molar-refractivity contribution in [3.8, 4) is 11.1 Å². The summed E-state index contributed by atoms with van der Waals surface area (Å²) in [7, 11) is 0. The summed E-state index contributed by atoms with van der Waals surface area (Å²) < 4.78 is 42.3. The number of piperazine rings is 1. The molecule has 1 saturated carbocycles. The highest BCUT2D eigenvalue weighted by Gasteiger charge is 2.48. The first-order chi connectivity index (χ1) is 29.8. The van der Waals surface area contributed by atoms with Crippen molar-refractivity contribution < 1.29 is 37.1 Å². The summed E-state index contributed by atoms with van der Waals surface area (Å²) in [6, 6.07) is 15.7. The molecule has 0 spiro atoms. The van der Waals surface area contributed by atoms with E-state index < -0.39 is 58.5 Å². The second-order valence-corrected chi connectivity index (χ2v) is 16.8. The summed E-state index contributed by atoms with van der Waals surface area (Å²) in [4.78, 5) is 75.2. The number of nitrogens with one attached hydrogen (secondary N) is 2. The minimum absolute atomic E-state index is 0.0243. The molecule has 320 valence electrons. The number of hydrogen-bond donors (Lipinski definition) is 2. The molecule has 5 aliphatic rings. The zero-order chi connectivity index (χ0) is 43.3. The van der Waals surface area contributed by atoms with Gasteiger partial charge in [-0.25, -0.2) is 4.85 Å². The average molecular weight is 848 g/mol. The van der Waals surface area contributed by atoms with Crippen LogP contribution in [0.25, 0.3) is 16.0 Å². The molecule has 17 heteroatoms. The molecule has 4 aliphatic heterocycles. The molecule has 0 bridgehead atoms. The van der Waals surface area contributed by atoms with Gasteiger partial charge >= 0.3 is 6.18 Å². The van der Waals surface area contributed by atoms with Gasteiger partial charge in [0.2, 0.25) is 11.8 Å². The van der Waals surface area contributed by atoms with Crippen molar-refractivity contribution in [2.24, 2.45) is 5.92 Å². The average Bonchev–Trinajstić information content (AvgIpc) is 3.83. The van der Waals surface area contributed by atoms with E-state index in [0.717, 1.165) is 105 Å². The van der Waals surface area contributed by atoms with Crippen LogP contribution in [0.3, 0.4) is 0 Å². The topological polar surface area (TPSA) is 145 Å².